The van der Waals surface area contributed by atoms with E-state index in [9.17, 15) is 24.9 Å². The van der Waals surface area contributed by atoms with Crippen LogP contribution in [-0.2, 0) is 4.79 Å². The number of nitrogens with zero attached hydrogens (tertiary/aromatic N) is 1. The topological polar surface area (TPSA) is 145 Å². The van der Waals surface area contributed by atoms with Crippen LogP contribution in [0.5, 0.6) is 11.5 Å². The Kier molecular flexibility index (Phi) is 6.84. The van der Waals surface area contributed by atoms with E-state index in [0.717, 1.165) is 6.42 Å². The van der Waals surface area contributed by atoms with E-state index in [-0.39, 0.29) is 64.5 Å². The van der Waals surface area contributed by atoms with Gasteiger partial charge in [-0.15, -0.1) is 0 Å². The van der Waals surface area contributed by atoms with E-state index in [1.807, 2.05) is 13.8 Å². The zero-order valence-electron chi connectivity index (χ0n) is 17.9. The summed E-state index contributed by atoms with van der Waals surface area (Å²) < 4.78 is 5.40. The van der Waals surface area contributed by atoms with Crippen LogP contribution < -0.4 is 10.6 Å². The molecule has 1 heterocycles. The minimum atomic E-state index is -0.519. The van der Waals surface area contributed by atoms with Gasteiger partial charge in [-0.1, -0.05) is 19.0 Å². The second-order valence-electron chi connectivity index (χ2n) is 8.23. The number of amides is 2. The number of hydrogen-bond acceptors (Lipinski definition) is 7. The van der Waals surface area contributed by atoms with Gasteiger partial charge >= 0.3 is 0 Å². The van der Waals surface area contributed by atoms with Crippen LogP contribution in [0, 0.1) is 11.8 Å². The molecule has 2 atom stereocenters. The molecular weight excluding hydrogens is 402 g/mol. The van der Waals surface area contributed by atoms with Crippen LogP contribution in [-0.4, -0.2) is 45.4 Å². The van der Waals surface area contributed by atoms with Gasteiger partial charge in [0.25, 0.3) is 5.91 Å². The summed E-state index contributed by atoms with van der Waals surface area (Å²) >= 11 is 0. The Morgan fingerprint density at radius 2 is 1.97 bits per heavy atom. The number of anilines is 1. The number of aromatic hydroxyl groups is 2. The first-order valence-corrected chi connectivity index (χ1v) is 10.5. The predicted octanol–water partition coefficient (Wildman–Crippen LogP) is 2.97. The summed E-state index contributed by atoms with van der Waals surface area (Å²) in [6.07, 6.45) is 1.95. The Balaban J connectivity index is 2.03. The zero-order chi connectivity index (χ0) is 22.7. The Labute approximate surface area is 180 Å². The number of aromatic nitrogens is 1. The average molecular weight is 431 g/mol. The minimum absolute atomic E-state index is 0.0331. The second-order valence-corrected chi connectivity index (χ2v) is 8.23. The van der Waals surface area contributed by atoms with Gasteiger partial charge in [-0.25, -0.2) is 0 Å². The summed E-state index contributed by atoms with van der Waals surface area (Å²) in [6.45, 7) is 5.92. The van der Waals surface area contributed by atoms with Gasteiger partial charge < -0.3 is 30.5 Å². The normalized spacial score (nSPS) is 18.4. The first-order valence-electron chi connectivity index (χ1n) is 10.5. The first kappa shape index (κ1) is 22.6. The third-order valence-electron chi connectivity index (χ3n) is 5.67. The Morgan fingerprint density at radius 3 is 2.58 bits per heavy atom. The van der Waals surface area contributed by atoms with Crippen LogP contribution in [0.2, 0.25) is 0 Å². The van der Waals surface area contributed by atoms with Gasteiger partial charge in [-0.2, -0.15) is 0 Å². The van der Waals surface area contributed by atoms with Crippen molar-refractivity contribution in [2.75, 3.05) is 18.5 Å². The molecule has 0 aliphatic heterocycles. The van der Waals surface area contributed by atoms with Crippen molar-refractivity contribution in [3.05, 3.63) is 23.4 Å². The van der Waals surface area contributed by atoms with E-state index in [2.05, 4.69) is 15.8 Å². The quantitative estimate of drug-likeness (QED) is 0.453. The molecule has 3 rings (SSSR count). The van der Waals surface area contributed by atoms with Crippen molar-refractivity contribution in [2.45, 2.75) is 46.0 Å². The molecule has 1 aromatic carbocycles. The summed E-state index contributed by atoms with van der Waals surface area (Å²) in [5.41, 5.74) is 0.752. The fraction of sp³-hybridized carbons (Fsp3) is 0.500. The van der Waals surface area contributed by atoms with E-state index >= 15 is 0 Å². The van der Waals surface area contributed by atoms with E-state index in [0.29, 0.717) is 24.9 Å². The van der Waals surface area contributed by atoms with Crippen LogP contribution in [0.3, 0.4) is 0 Å². The smallest absolute Gasteiger partial charge is 0.275 e. The molecule has 9 heteroatoms. The number of rotatable bonds is 7. The number of aliphatic hydroxyl groups is 1. The molecule has 1 fully saturated rings. The number of nitrogens with one attached hydrogen (secondary N) is 2. The molecule has 0 spiro atoms. The maximum Gasteiger partial charge on any atom is 0.275 e. The molecule has 9 nitrogen and oxygen atoms in total. The number of phenols is 2. The molecule has 168 valence electrons. The Bertz CT molecular complexity index is 968. The molecule has 1 aliphatic rings. The van der Waals surface area contributed by atoms with E-state index in [4.69, 9.17) is 4.52 Å². The summed E-state index contributed by atoms with van der Waals surface area (Å²) in [7, 11) is 0. The molecule has 31 heavy (non-hydrogen) atoms. The zero-order valence-corrected chi connectivity index (χ0v) is 17.9. The Morgan fingerprint density at radius 1 is 1.23 bits per heavy atom. The molecule has 5 N–H and O–H groups in total. The molecule has 1 aliphatic carbocycles. The van der Waals surface area contributed by atoms with Crippen molar-refractivity contribution < 1.29 is 29.4 Å². The van der Waals surface area contributed by atoms with Crippen LogP contribution in [0.1, 0.15) is 62.0 Å². The van der Waals surface area contributed by atoms with Crippen LogP contribution in [0.15, 0.2) is 16.7 Å². The van der Waals surface area contributed by atoms with Crippen molar-refractivity contribution in [3.63, 3.8) is 0 Å². The lowest BCUT2D eigenvalue weighted by atomic mass is 9.97. The fourth-order valence-corrected chi connectivity index (χ4v) is 3.93. The highest BCUT2D eigenvalue weighted by atomic mass is 16.5. The maximum absolute atomic E-state index is 12.9. The van der Waals surface area contributed by atoms with Gasteiger partial charge in [0.1, 0.15) is 17.2 Å². The van der Waals surface area contributed by atoms with Crippen LogP contribution >= 0.6 is 0 Å². The lowest BCUT2D eigenvalue weighted by Gasteiger charge is -2.14. The fourth-order valence-electron chi connectivity index (χ4n) is 3.93. The highest BCUT2D eigenvalue weighted by Gasteiger charge is 2.33. The van der Waals surface area contributed by atoms with Crippen molar-refractivity contribution in [1.29, 1.82) is 0 Å². The third-order valence-corrected chi connectivity index (χ3v) is 5.67. The SMILES string of the molecule is CCNC(=O)c1noc(-c2cc(C(C)C)c(O)cc2O)c1NC(=O)[C@@H]1CC[C@H](CO)C1. The molecule has 0 saturated heterocycles. The second kappa shape index (κ2) is 9.38. The minimum Gasteiger partial charge on any atom is -0.508 e. The third kappa shape index (κ3) is 4.66. The number of hydrogen-bond donors (Lipinski definition) is 5. The van der Waals surface area contributed by atoms with Crippen LogP contribution in [0.4, 0.5) is 5.69 Å². The average Bonchev–Trinajstić information content (AvgIpc) is 3.35. The molecule has 0 unspecified atom stereocenters. The number of carbonyl (C=O) groups excluding carboxylic acids is 2. The maximum atomic E-state index is 12.9. The largest absolute Gasteiger partial charge is 0.508 e. The molecule has 0 radical (unpaired) electrons. The van der Waals surface area contributed by atoms with Crippen molar-refractivity contribution >= 4 is 17.5 Å². The number of aliphatic hydroxyl groups excluding tert-OH is 1. The predicted molar refractivity (Wildman–Crippen MR) is 114 cm³/mol. The van der Waals surface area contributed by atoms with Gasteiger partial charge in [0.15, 0.2) is 11.5 Å². The number of phenolic OH excluding ortho intramolecular Hbond substituents is 2. The van der Waals surface area contributed by atoms with Crippen molar-refractivity contribution in [1.82, 2.24) is 10.5 Å². The van der Waals surface area contributed by atoms with E-state index in [1.54, 1.807) is 13.0 Å². The van der Waals surface area contributed by atoms with E-state index in [1.165, 1.54) is 6.07 Å². The summed E-state index contributed by atoms with van der Waals surface area (Å²) in [6, 6.07) is 2.76. The molecule has 2 aromatic rings. The monoisotopic (exact) mass is 431 g/mol. The van der Waals surface area contributed by atoms with E-state index < -0.39 is 5.91 Å². The highest BCUT2D eigenvalue weighted by Crippen LogP contribution is 2.42. The molecular formula is C22H29N3O6. The van der Waals surface area contributed by atoms with Gasteiger partial charge in [0.05, 0.1) is 5.56 Å². The van der Waals surface area contributed by atoms with Gasteiger partial charge in [-0.05, 0) is 49.7 Å². The van der Waals surface area contributed by atoms with Gasteiger partial charge in [0, 0.05) is 25.1 Å². The molecule has 0 bridgehead atoms. The van der Waals surface area contributed by atoms with Gasteiger partial charge in [-0.3, -0.25) is 9.59 Å². The number of benzene rings is 1. The van der Waals surface area contributed by atoms with Crippen LogP contribution in [0.25, 0.3) is 11.3 Å². The molecule has 2 amide bonds. The van der Waals surface area contributed by atoms with Gasteiger partial charge in [0.2, 0.25) is 5.91 Å². The molecule has 1 saturated carbocycles. The number of carbonyl (C=O) groups is 2. The van der Waals surface area contributed by atoms with Crippen molar-refractivity contribution in [2.24, 2.45) is 11.8 Å². The first-order chi connectivity index (χ1) is 14.8. The lowest BCUT2D eigenvalue weighted by molar-refractivity contribution is -0.119. The summed E-state index contributed by atoms with van der Waals surface area (Å²) in [4.78, 5) is 25.4. The molecule has 1 aromatic heterocycles. The highest BCUT2D eigenvalue weighted by molar-refractivity contribution is 6.06. The Hall–Kier alpha value is -3.07. The van der Waals surface area contributed by atoms with Crippen molar-refractivity contribution in [3.8, 4) is 22.8 Å². The standard InChI is InChI=1S/C22H29N3O6/c1-4-23-22(30)19-18(24-21(29)13-6-5-12(7-13)10-26)20(31-25-19)15-8-14(11(2)3)16(27)9-17(15)28/h8-9,11-13,26-28H,4-7,10H2,1-3H3,(H,23,30)(H,24,29)/t12-,13+/m0/s1. The summed E-state index contributed by atoms with van der Waals surface area (Å²) in [5.74, 6) is -1.38. The summed E-state index contributed by atoms with van der Waals surface area (Å²) in [5, 5.41) is 39.2. The lowest BCUT2D eigenvalue weighted by Crippen LogP contribution is -2.26.